The van der Waals surface area contributed by atoms with E-state index in [4.69, 9.17) is 4.74 Å². The molecule has 1 aromatic heterocycles. The summed E-state index contributed by atoms with van der Waals surface area (Å²) in [6, 6.07) is 26.5. The van der Waals surface area contributed by atoms with Crippen molar-refractivity contribution in [2.45, 2.75) is 19.8 Å². The molecule has 0 aliphatic heterocycles. The van der Waals surface area contributed by atoms with Gasteiger partial charge in [0, 0.05) is 0 Å². The highest BCUT2D eigenvalue weighted by molar-refractivity contribution is 5.90. The average Bonchev–Trinajstić information content (AvgIpc) is 3.19. The van der Waals surface area contributed by atoms with Crippen molar-refractivity contribution in [3.8, 4) is 11.8 Å². The van der Waals surface area contributed by atoms with Gasteiger partial charge in [0.05, 0.1) is 23.2 Å². The molecule has 0 atom stereocenters. The van der Waals surface area contributed by atoms with Crippen LogP contribution in [0.25, 0.3) is 22.7 Å². The van der Waals surface area contributed by atoms with Crippen molar-refractivity contribution in [2.24, 2.45) is 0 Å². The number of H-pyrrole nitrogens is 1. The average molecular weight is 393 g/mol. The van der Waals surface area contributed by atoms with Crippen LogP contribution < -0.4 is 4.74 Å². The Morgan fingerprint density at radius 2 is 1.87 bits per heavy atom. The second-order valence-electron chi connectivity index (χ2n) is 7.28. The maximum atomic E-state index is 9.61. The van der Waals surface area contributed by atoms with Crippen LogP contribution in [0.2, 0.25) is 0 Å². The van der Waals surface area contributed by atoms with Crippen LogP contribution in [0.15, 0.2) is 72.8 Å². The van der Waals surface area contributed by atoms with Crippen molar-refractivity contribution >= 4 is 22.7 Å². The predicted molar refractivity (Wildman–Crippen MR) is 121 cm³/mol. The molecular weight excluding hydrogens is 370 g/mol. The monoisotopic (exact) mass is 393 g/mol. The Balaban J connectivity index is 1.39. The first-order valence-electron chi connectivity index (χ1n) is 10.1. The highest BCUT2D eigenvalue weighted by Crippen LogP contribution is 2.21. The largest absolute Gasteiger partial charge is 0.494 e. The molecule has 3 aromatic carbocycles. The lowest BCUT2D eigenvalue weighted by atomic mass is 10.1. The first kappa shape index (κ1) is 19.5. The number of nitriles is 1. The molecule has 1 N–H and O–H groups in total. The SMILES string of the molecule is Cc1ccc2nc(/C(C#N)=C\c3ccc(OCCCc4ccccc4)cc3)[nH]c2c1. The van der Waals surface area contributed by atoms with Gasteiger partial charge >= 0.3 is 0 Å². The number of nitrogens with zero attached hydrogens (tertiary/aromatic N) is 2. The summed E-state index contributed by atoms with van der Waals surface area (Å²) in [5.41, 5.74) is 5.70. The van der Waals surface area contributed by atoms with Gasteiger partial charge < -0.3 is 9.72 Å². The van der Waals surface area contributed by atoms with Gasteiger partial charge in [0.1, 0.15) is 17.6 Å². The predicted octanol–water partition coefficient (Wildman–Crippen LogP) is 5.95. The molecule has 148 valence electrons. The Hall–Kier alpha value is -3.84. The van der Waals surface area contributed by atoms with E-state index >= 15 is 0 Å². The number of hydrogen-bond acceptors (Lipinski definition) is 3. The zero-order valence-electron chi connectivity index (χ0n) is 16.9. The molecule has 4 nitrogen and oxygen atoms in total. The summed E-state index contributed by atoms with van der Waals surface area (Å²) >= 11 is 0. The van der Waals surface area contributed by atoms with E-state index in [1.54, 1.807) is 0 Å². The van der Waals surface area contributed by atoms with Gasteiger partial charge in [-0.1, -0.05) is 48.5 Å². The minimum absolute atomic E-state index is 0.500. The van der Waals surface area contributed by atoms with E-state index in [0.29, 0.717) is 18.0 Å². The number of ether oxygens (including phenoxy) is 1. The molecule has 4 rings (SSSR count). The highest BCUT2D eigenvalue weighted by atomic mass is 16.5. The third-order valence-corrected chi connectivity index (χ3v) is 4.93. The lowest BCUT2D eigenvalue weighted by Gasteiger charge is -2.06. The molecule has 0 fully saturated rings. The van der Waals surface area contributed by atoms with Gasteiger partial charge in [-0.25, -0.2) is 4.98 Å². The van der Waals surface area contributed by atoms with Gasteiger partial charge in [0.15, 0.2) is 0 Å². The van der Waals surface area contributed by atoms with Gasteiger partial charge in [-0.2, -0.15) is 5.26 Å². The van der Waals surface area contributed by atoms with Gasteiger partial charge in [-0.3, -0.25) is 0 Å². The summed E-state index contributed by atoms with van der Waals surface area (Å²) in [5.74, 6) is 1.41. The van der Waals surface area contributed by atoms with E-state index in [-0.39, 0.29) is 0 Å². The summed E-state index contributed by atoms with van der Waals surface area (Å²) in [7, 11) is 0. The second-order valence-corrected chi connectivity index (χ2v) is 7.28. The number of allylic oxidation sites excluding steroid dienone is 1. The maximum Gasteiger partial charge on any atom is 0.149 e. The standard InChI is InChI=1S/C26H23N3O/c1-19-9-14-24-25(16-19)29-26(28-24)22(18-27)17-21-10-12-23(13-11-21)30-15-5-8-20-6-3-2-4-7-20/h2-4,6-7,9-14,16-17H,5,8,15H2,1H3,(H,28,29)/b22-17-. The number of nitrogens with one attached hydrogen (secondary N) is 1. The van der Waals surface area contributed by atoms with Crippen molar-refractivity contribution in [3.05, 3.63) is 95.3 Å². The van der Waals surface area contributed by atoms with Crippen LogP contribution in [0.1, 0.15) is 28.9 Å². The molecule has 4 heteroatoms. The number of aryl methyl sites for hydroxylation is 2. The van der Waals surface area contributed by atoms with E-state index in [1.807, 2.05) is 61.5 Å². The highest BCUT2D eigenvalue weighted by Gasteiger charge is 2.08. The van der Waals surface area contributed by atoms with E-state index < -0.39 is 0 Å². The zero-order chi connectivity index (χ0) is 20.8. The fraction of sp³-hybridized carbons (Fsp3) is 0.154. The van der Waals surface area contributed by atoms with Gasteiger partial charge in [0.2, 0.25) is 0 Å². The lowest BCUT2D eigenvalue weighted by molar-refractivity contribution is 0.311. The Morgan fingerprint density at radius 3 is 2.63 bits per heavy atom. The summed E-state index contributed by atoms with van der Waals surface area (Å²) in [6.45, 7) is 2.71. The Kier molecular flexibility index (Phi) is 5.91. The number of benzene rings is 3. The normalized spacial score (nSPS) is 11.4. The van der Waals surface area contributed by atoms with E-state index in [1.165, 1.54) is 5.56 Å². The molecular formula is C26H23N3O. The smallest absolute Gasteiger partial charge is 0.149 e. The summed E-state index contributed by atoms with van der Waals surface area (Å²) in [6.07, 6.45) is 3.81. The molecule has 0 saturated heterocycles. The third-order valence-electron chi connectivity index (χ3n) is 4.93. The molecule has 0 amide bonds. The van der Waals surface area contributed by atoms with E-state index in [2.05, 4.69) is 40.3 Å². The van der Waals surface area contributed by atoms with Crippen molar-refractivity contribution < 1.29 is 4.74 Å². The Labute approximate surface area is 176 Å². The van der Waals surface area contributed by atoms with Gasteiger partial charge in [0.25, 0.3) is 0 Å². The maximum absolute atomic E-state index is 9.61. The molecule has 0 radical (unpaired) electrons. The number of aromatic amines is 1. The molecule has 30 heavy (non-hydrogen) atoms. The van der Waals surface area contributed by atoms with E-state index in [9.17, 15) is 5.26 Å². The third kappa shape index (κ3) is 4.76. The zero-order valence-corrected chi connectivity index (χ0v) is 16.9. The van der Waals surface area contributed by atoms with Gasteiger partial charge in [-0.15, -0.1) is 0 Å². The molecule has 0 aliphatic rings. The Morgan fingerprint density at radius 1 is 1.07 bits per heavy atom. The van der Waals surface area contributed by atoms with Crippen molar-refractivity contribution in [1.29, 1.82) is 5.26 Å². The molecule has 0 bridgehead atoms. The molecule has 1 heterocycles. The molecule has 0 saturated carbocycles. The summed E-state index contributed by atoms with van der Waals surface area (Å²) in [4.78, 5) is 7.78. The van der Waals surface area contributed by atoms with Crippen LogP contribution in [-0.4, -0.2) is 16.6 Å². The fourth-order valence-corrected chi connectivity index (χ4v) is 3.34. The van der Waals surface area contributed by atoms with Crippen LogP contribution in [0.3, 0.4) is 0 Å². The van der Waals surface area contributed by atoms with Gasteiger partial charge in [-0.05, 0) is 66.8 Å². The Bertz CT molecular complexity index is 1200. The van der Waals surface area contributed by atoms with E-state index in [0.717, 1.165) is 40.8 Å². The molecule has 4 aromatic rings. The van der Waals surface area contributed by atoms with Crippen LogP contribution >= 0.6 is 0 Å². The second kappa shape index (κ2) is 9.11. The molecule has 0 spiro atoms. The van der Waals surface area contributed by atoms with Crippen LogP contribution in [0.4, 0.5) is 0 Å². The minimum atomic E-state index is 0.500. The number of fused-ring (bicyclic) bond motifs is 1. The number of imidazole rings is 1. The molecule has 0 unspecified atom stereocenters. The minimum Gasteiger partial charge on any atom is -0.494 e. The topological polar surface area (TPSA) is 61.7 Å². The quantitative estimate of drug-likeness (QED) is 0.312. The first-order chi connectivity index (χ1) is 14.7. The molecule has 0 aliphatic carbocycles. The number of rotatable bonds is 7. The fourth-order valence-electron chi connectivity index (χ4n) is 3.34. The van der Waals surface area contributed by atoms with Crippen molar-refractivity contribution in [3.63, 3.8) is 0 Å². The number of hydrogen-bond donors (Lipinski definition) is 1. The van der Waals surface area contributed by atoms with Crippen LogP contribution in [0, 0.1) is 18.3 Å². The van der Waals surface area contributed by atoms with Crippen molar-refractivity contribution in [1.82, 2.24) is 9.97 Å². The lowest BCUT2D eigenvalue weighted by Crippen LogP contribution is -1.99. The van der Waals surface area contributed by atoms with Crippen molar-refractivity contribution in [2.75, 3.05) is 6.61 Å². The number of aromatic nitrogens is 2. The van der Waals surface area contributed by atoms with Crippen LogP contribution in [0.5, 0.6) is 5.75 Å². The van der Waals surface area contributed by atoms with Crippen LogP contribution in [-0.2, 0) is 6.42 Å². The first-order valence-corrected chi connectivity index (χ1v) is 10.1. The summed E-state index contributed by atoms with van der Waals surface area (Å²) < 4.78 is 5.85. The summed E-state index contributed by atoms with van der Waals surface area (Å²) in [5, 5.41) is 9.61.